The molecule has 0 spiro atoms. The number of amides is 2. The number of hydrogen-bond acceptors (Lipinski definition) is 2. The quantitative estimate of drug-likeness (QED) is 0.545. The van der Waals surface area contributed by atoms with E-state index in [-0.39, 0.29) is 6.03 Å². The zero-order chi connectivity index (χ0) is 11.4. The molecule has 1 fully saturated rings. The van der Waals surface area contributed by atoms with Crippen molar-refractivity contribution in [3.8, 4) is 0 Å². The SMILES string of the molecule is CSN1CCN(C(C)=CC=C(C)C)C1=O. The number of urea groups is 1. The van der Waals surface area contributed by atoms with Gasteiger partial charge in [0.1, 0.15) is 0 Å². The van der Waals surface area contributed by atoms with E-state index in [1.165, 1.54) is 17.5 Å². The summed E-state index contributed by atoms with van der Waals surface area (Å²) in [5.41, 5.74) is 2.25. The molecule has 4 heteroatoms. The van der Waals surface area contributed by atoms with E-state index in [4.69, 9.17) is 0 Å². The third-order valence-corrected chi connectivity index (χ3v) is 3.05. The molecule has 0 unspecified atom stereocenters. The molecular weight excluding hydrogens is 208 g/mol. The van der Waals surface area contributed by atoms with E-state index in [0.29, 0.717) is 0 Å². The van der Waals surface area contributed by atoms with Crippen molar-refractivity contribution in [3.63, 3.8) is 0 Å². The summed E-state index contributed by atoms with van der Waals surface area (Å²) >= 11 is 1.49. The highest BCUT2D eigenvalue weighted by Crippen LogP contribution is 2.20. The lowest BCUT2D eigenvalue weighted by Crippen LogP contribution is -2.26. The lowest BCUT2D eigenvalue weighted by Gasteiger charge is -2.16. The summed E-state index contributed by atoms with van der Waals surface area (Å²) in [4.78, 5) is 13.6. The van der Waals surface area contributed by atoms with Gasteiger partial charge in [0.25, 0.3) is 0 Å². The Balaban J connectivity index is 2.70. The minimum atomic E-state index is 0.0957. The van der Waals surface area contributed by atoms with Gasteiger partial charge in [-0.2, -0.15) is 0 Å². The highest BCUT2D eigenvalue weighted by molar-refractivity contribution is 7.96. The minimum absolute atomic E-state index is 0.0957. The second-order valence-corrected chi connectivity index (χ2v) is 4.58. The molecule has 3 nitrogen and oxygen atoms in total. The number of nitrogens with zero attached hydrogens (tertiary/aromatic N) is 2. The Morgan fingerprint density at radius 3 is 2.40 bits per heavy atom. The van der Waals surface area contributed by atoms with Crippen molar-refractivity contribution in [1.29, 1.82) is 0 Å². The van der Waals surface area contributed by atoms with Crippen LogP contribution in [0.25, 0.3) is 0 Å². The van der Waals surface area contributed by atoms with Crippen LogP contribution in [0.1, 0.15) is 20.8 Å². The monoisotopic (exact) mass is 226 g/mol. The Labute approximate surface area is 95.9 Å². The van der Waals surface area contributed by atoms with Crippen molar-refractivity contribution in [1.82, 2.24) is 9.21 Å². The maximum Gasteiger partial charge on any atom is 0.334 e. The zero-order valence-corrected chi connectivity index (χ0v) is 10.6. The maximum absolute atomic E-state index is 11.8. The number of allylic oxidation sites excluding steroid dienone is 4. The van der Waals surface area contributed by atoms with Crippen molar-refractivity contribution >= 4 is 18.0 Å². The summed E-state index contributed by atoms with van der Waals surface area (Å²) in [7, 11) is 0. The second kappa shape index (κ2) is 5.26. The number of hydrogen-bond donors (Lipinski definition) is 0. The van der Waals surface area contributed by atoms with Gasteiger partial charge in [-0.25, -0.2) is 4.79 Å². The van der Waals surface area contributed by atoms with Crippen LogP contribution in [-0.4, -0.2) is 34.6 Å². The topological polar surface area (TPSA) is 23.6 Å². The third kappa shape index (κ3) is 3.02. The van der Waals surface area contributed by atoms with E-state index in [1.54, 1.807) is 4.31 Å². The number of rotatable bonds is 3. The molecule has 1 saturated heterocycles. The van der Waals surface area contributed by atoms with Gasteiger partial charge in [0.2, 0.25) is 0 Å². The normalized spacial score (nSPS) is 17.3. The molecule has 1 rings (SSSR count). The third-order valence-electron chi connectivity index (χ3n) is 2.27. The average Bonchev–Trinajstić information content (AvgIpc) is 2.56. The van der Waals surface area contributed by atoms with Gasteiger partial charge in [-0.3, -0.25) is 9.21 Å². The molecule has 0 N–H and O–H groups in total. The highest BCUT2D eigenvalue weighted by atomic mass is 32.2. The van der Waals surface area contributed by atoms with Crippen LogP contribution in [-0.2, 0) is 0 Å². The van der Waals surface area contributed by atoms with Crippen molar-refractivity contribution < 1.29 is 4.79 Å². The molecule has 0 saturated carbocycles. The van der Waals surface area contributed by atoms with Gasteiger partial charge in [-0.05, 0) is 38.8 Å². The van der Waals surface area contributed by atoms with Gasteiger partial charge in [-0.15, -0.1) is 0 Å². The predicted molar refractivity (Wildman–Crippen MR) is 65.5 cm³/mol. The standard InChI is InChI=1S/C11H18N2OS/c1-9(2)5-6-10(3)12-7-8-13(15-4)11(12)14/h5-6H,7-8H2,1-4H3. The largest absolute Gasteiger partial charge is 0.334 e. The minimum Gasteiger partial charge on any atom is -0.296 e. The van der Waals surface area contributed by atoms with E-state index >= 15 is 0 Å². The highest BCUT2D eigenvalue weighted by Gasteiger charge is 2.28. The van der Waals surface area contributed by atoms with E-state index in [2.05, 4.69) is 0 Å². The van der Waals surface area contributed by atoms with Crippen LogP contribution < -0.4 is 0 Å². The molecule has 0 radical (unpaired) electrons. The van der Waals surface area contributed by atoms with Crippen molar-refractivity contribution in [3.05, 3.63) is 23.4 Å². The summed E-state index contributed by atoms with van der Waals surface area (Å²) in [5.74, 6) is 0. The summed E-state index contributed by atoms with van der Waals surface area (Å²) in [6, 6.07) is 0.0957. The van der Waals surface area contributed by atoms with E-state index in [9.17, 15) is 4.79 Å². The van der Waals surface area contributed by atoms with Gasteiger partial charge in [-0.1, -0.05) is 11.6 Å². The van der Waals surface area contributed by atoms with Gasteiger partial charge in [0.05, 0.1) is 6.54 Å². The molecule has 1 aliphatic heterocycles. The van der Waals surface area contributed by atoms with Crippen molar-refractivity contribution in [2.24, 2.45) is 0 Å². The molecule has 0 aliphatic carbocycles. The fourth-order valence-electron chi connectivity index (χ4n) is 1.39. The van der Waals surface area contributed by atoms with Gasteiger partial charge < -0.3 is 0 Å². The lowest BCUT2D eigenvalue weighted by molar-refractivity contribution is 0.218. The summed E-state index contributed by atoms with van der Waals surface area (Å²) < 4.78 is 1.78. The van der Waals surface area contributed by atoms with E-state index in [0.717, 1.165) is 18.8 Å². The fraction of sp³-hybridized carbons (Fsp3) is 0.545. The number of carbonyl (C=O) groups is 1. The van der Waals surface area contributed by atoms with Crippen LogP contribution in [0.15, 0.2) is 23.4 Å². The first-order valence-corrected chi connectivity index (χ1v) is 6.19. The van der Waals surface area contributed by atoms with Crippen LogP contribution in [0.3, 0.4) is 0 Å². The van der Waals surface area contributed by atoms with E-state index < -0.39 is 0 Å². The Hall–Kier alpha value is -0.900. The smallest absolute Gasteiger partial charge is 0.296 e. The summed E-state index contributed by atoms with van der Waals surface area (Å²) in [6.45, 7) is 7.66. The van der Waals surface area contributed by atoms with Crippen molar-refractivity contribution in [2.45, 2.75) is 20.8 Å². The molecule has 2 amide bonds. The van der Waals surface area contributed by atoms with Gasteiger partial charge >= 0.3 is 6.03 Å². The second-order valence-electron chi connectivity index (χ2n) is 3.77. The summed E-state index contributed by atoms with van der Waals surface area (Å²) in [6.07, 6.45) is 5.96. The molecule has 0 aromatic rings. The molecule has 1 aliphatic rings. The molecular formula is C11H18N2OS. The Bertz CT molecular complexity index is 306. The molecule has 0 atom stereocenters. The maximum atomic E-state index is 11.8. The molecule has 0 aromatic carbocycles. The molecule has 0 bridgehead atoms. The summed E-state index contributed by atoms with van der Waals surface area (Å²) in [5, 5.41) is 0. The Morgan fingerprint density at radius 1 is 1.27 bits per heavy atom. The number of carbonyl (C=O) groups excluding carboxylic acids is 1. The molecule has 15 heavy (non-hydrogen) atoms. The van der Waals surface area contributed by atoms with E-state index in [1.807, 2.05) is 44.1 Å². The first kappa shape index (κ1) is 12.2. The zero-order valence-electron chi connectivity index (χ0n) is 9.78. The average molecular weight is 226 g/mol. The molecule has 0 aromatic heterocycles. The van der Waals surface area contributed by atoms with Gasteiger partial charge in [0.15, 0.2) is 0 Å². The van der Waals surface area contributed by atoms with Crippen LogP contribution >= 0.6 is 11.9 Å². The predicted octanol–water partition coefficient (Wildman–Crippen LogP) is 2.87. The van der Waals surface area contributed by atoms with Crippen LogP contribution in [0.2, 0.25) is 0 Å². The first-order chi connectivity index (χ1) is 7.06. The fourth-order valence-corrected chi connectivity index (χ4v) is 1.91. The molecule has 1 heterocycles. The Kier molecular flexibility index (Phi) is 4.27. The Morgan fingerprint density at radius 2 is 1.93 bits per heavy atom. The van der Waals surface area contributed by atoms with Crippen LogP contribution in [0, 0.1) is 0 Å². The molecule has 84 valence electrons. The van der Waals surface area contributed by atoms with Crippen molar-refractivity contribution in [2.75, 3.05) is 19.3 Å². The lowest BCUT2D eigenvalue weighted by atomic mass is 10.3. The van der Waals surface area contributed by atoms with Crippen LogP contribution in [0.5, 0.6) is 0 Å². The first-order valence-electron chi connectivity index (χ1n) is 5.01. The van der Waals surface area contributed by atoms with Gasteiger partial charge in [0, 0.05) is 18.5 Å². The van der Waals surface area contributed by atoms with Crippen LogP contribution in [0.4, 0.5) is 4.79 Å².